The summed E-state index contributed by atoms with van der Waals surface area (Å²) in [5, 5.41) is 11.6. The van der Waals surface area contributed by atoms with Crippen LogP contribution in [-0.4, -0.2) is 60.9 Å². The van der Waals surface area contributed by atoms with E-state index in [4.69, 9.17) is 9.97 Å². The van der Waals surface area contributed by atoms with Crippen LogP contribution in [0, 0.1) is 0 Å². The standard InChI is InChI=1S/C41H41N9O2/c51-40(37(27-6-2-1-3-7-27)49-41(52)46-31-16-17-31)50-19-5-9-36(50)39-45-23-34(48-39)26-12-10-25(11-13-26)33-21-28-14-15-29(20-30(28)22-43-33)35-24-44-38(47-35)32-8-4-18-42-32/h1-3,6-7,10-15,20-24,31-32,36-37,42H,4-5,8-9,16-19H2,(H,44,47)(H,45,48)(H2,46,49,52)/t32-,36-,37+/m0/s1. The molecule has 1 saturated carbocycles. The van der Waals surface area contributed by atoms with Gasteiger partial charge in [0.25, 0.3) is 0 Å². The van der Waals surface area contributed by atoms with Gasteiger partial charge in [0, 0.05) is 35.3 Å². The van der Waals surface area contributed by atoms with Crippen LogP contribution in [0.2, 0.25) is 0 Å². The maximum Gasteiger partial charge on any atom is 0.315 e. The number of H-pyrrole nitrogens is 2. The van der Waals surface area contributed by atoms with Crippen LogP contribution in [0.3, 0.4) is 0 Å². The summed E-state index contributed by atoms with van der Waals surface area (Å²) in [5.41, 5.74) is 6.67. The molecule has 3 aliphatic rings. The van der Waals surface area contributed by atoms with Gasteiger partial charge in [0.15, 0.2) is 0 Å². The van der Waals surface area contributed by atoms with Gasteiger partial charge < -0.3 is 30.8 Å². The van der Waals surface area contributed by atoms with Crippen LogP contribution in [0.4, 0.5) is 4.79 Å². The highest BCUT2D eigenvalue weighted by Crippen LogP contribution is 2.35. The minimum absolute atomic E-state index is 0.131. The molecular formula is C41H41N9O2. The highest BCUT2D eigenvalue weighted by atomic mass is 16.2. The molecule has 0 spiro atoms. The maximum atomic E-state index is 14.1. The fourth-order valence-corrected chi connectivity index (χ4v) is 7.52. The van der Waals surface area contributed by atoms with Crippen LogP contribution in [0.15, 0.2) is 97.5 Å². The van der Waals surface area contributed by atoms with Gasteiger partial charge in [-0.05, 0) is 73.7 Å². The third-order valence-corrected chi connectivity index (χ3v) is 10.5. The number of likely N-dealkylation sites (tertiary alicyclic amines) is 1. The molecule has 6 aromatic rings. The third kappa shape index (κ3) is 6.55. The quantitative estimate of drug-likeness (QED) is 0.111. The summed E-state index contributed by atoms with van der Waals surface area (Å²) in [4.78, 5) is 49.9. The first kappa shape index (κ1) is 32.1. The number of carbonyl (C=O) groups excluding carboxylic acids is 2. The molecule has 0 radical (unpaired) electrons. The van der Waals surface area contributed by atoms with Crippen molar-refractivity contribution in [1.29, 1.82) is 0 Å². The second-order valence-electron chi connectivity index (χ2n) is 14.1. The minimum Gasteiger partial charge on any atom is -0.341 e. The molecule has 9 rings (SSSR count). The van der Waals surface area contributed by atoms with Crippen molar-refractivity contribution >= 4 is 22.7 Å². The molecule has 1 aliphatic carbocycles. The van der Waals surface area contributed by atoms with Gasteiger partial charge in [0.1, 0.15) is 17.7 Å². The summed E-state index contributed by atoms with van der Waals surface area (Å²) >= 11 is 0. The van der Waals surface area contributed by atoms with Gasteiger partial charge in [0.05, 0.1) is 41.6 Å². The van der Waals surface area contributed by atoms with E-state index in [1.54, 1.807) is 0 Å². The summed E-state index contributed by atoms with van der Waals surface area (Å²) in [6.45, 7) is 1.64. The largest absolute Gasteiger partial charge is 0.341 e. The lowest BCUT2D eigenvalue weighted by Crippen LogP contribution is -2.46. The lowest BCUT2D eigenvalue weighted by atomic mass is 10.0. The second kappa shape index (κ2) is 13.7. The fourth-order valence-electron chi connectivity index (χ4n) is 7.52. The Morgan fingerprint density at radius 3 is 2.27 bits per heavy atom. The number of fused-ring (bicyclic) bond motifs is 1. The highest BCUT2D eigenvalue weighted by molar-refractivity contribution is 5.90. The number of aromatic nitrogens is 5. The molecule has 11 heteroatoms. The molecule has 5 heterocycles. The molecule has 2 aliphatic heterocycles. The molecule has 3 aromatic carbocycles. The Morgan fingerprint density at radius 1 is 0.731 bits per heavy atom. The smallest absolute Gasteiger partial charge is 0.315 e. The molecule has 5 N–H and O–H groups in total. The van der Waals surface area contributed by atoms with Crippen molar-refractivity contribution in [3.05, 3.63) is 115 Å². The lowest BCUT2D eigenvalue weighted by molar-refractivity contribution is -0.134. The monoisotopic (exact) mass is 691 g/mol. The molecule has 262 valence electrons. The SMILES string of the molecule is O=C(NC1CC1)N[C@@H](C(=O)N1CCC[C@H]1c1ncc(-c2ccc(-c3cc4ccc(-c5cnc([C@@H]6CCCN6)[nH]5)cc4cn3)cc2)[nH]1)c1ccccc1. The minimum atomic E-state index is -0.781. The molecule has 0 unspecified atom stereocenters. The average Bonchev–Trinajstić information content (AvgIpc) is 3.74. The van der Waals surface area contributed by atoms with E-state index in [0.717, 1.165) is 100 Å². The van der Waals surface area contributed by atoms with Crippen molar-refractivity contribution in [3.8, 4) is 33.8 Å². The van der Waals surface area contributed by atoms with Crippen LogP contribution in [0.1, 0.15) is 73.9 Å². The van der Waals surface area contributed by atoms with Crippen molar-refractivity contribution in [1.82, 2.24) is 45.8 Å². The molecule has 3 amide bonds. The van der Waals surface area contributed by atoms with E-state index in [1.165, 1.54) is 6.42 Å². The van der Waals surface area contributed by atoms with Crippen LogP contribution in [-0.2, 0) is 4.79 Å². The predicted molar refractivity (Wildman–Crippen MR) is 200 cm³/mol. The number of urea groups is 1. The molecule has 0 bridgehead atoms. The number of nitrogens with zero attached hydrogens (tertiary/aromatic N) is 4. The van der Waals surface area contributed by atoms with Gasteiger partial charge in [-0.25, -0.2) is 14.8 Å². The number of aromatic amines is 2. The predicted octanol–water partition coefficient (Wildman–Crippen LogP) is 6.97. The number of rotatable bonds is 9. The van der Waals surface area contributed by atoms with Crippen molar-refractivity contribution in [2.24, 2.45) is 0 Å². The van der Waals surface area contributed by atoms with Crippen LogP contribution in [0.25, 0.3) is 44.5 Å². The van der Waals surface area contributed by atoms with E-state index in [1.807, 2.05) is 53.8 Å². The summed E-state index contributed by atoms with van der Waals surface area (Å²) in [6.07, 6.45) is 11.6. The molecule has 3 atom stereocenters. The summed E-state index contributed by atoms with van der Waals surface area (Å²) < 4.78 is 0. The van der Waals surface area contributed by atoms with Gasteiger partial charge in [0.2, 0.25) is 5.91 Å². The molecule has 52 heavy (non-hydrogen) atoms. The third-order valence-electron chi connectivity index (χ3n) is 10.5. The summed E-state index contributed by atoms with van der Waals surface area (Å²) in [7, 11) is 0. The second-order valence-corrected chi connectivity index (χ2v) is 14.1. The van der Waals surface area contributed by atoms with Crippen molar-refractivity contribution < 1.29 is 9.59 Å². The molecule has 11 nitrogen and oxygen atoms in total. The van der Waals surface area contributed by atoms with Crippen LogP contribution >= 0.6 is 0 Å². The lowest BCUT2D eigenvalue weighted by Gasteiger charge is -2.28. The first-order chi connectivity index (χ1) is 25.6. The Bertz CT molecular complexity index is 2220. The van der Waals surface area contributed by atoms with Gasteiger partial charge in [-0.15, -0.1) is 0 Å². The van der Waals surface area contributed by atoms with Crippen LogP contribution in [0.5, 0.6) is 0 Å². The Kier molecular flexibility index (Phi) is 8.48. The zero-order chi connectivity index (χ0) is 35.0. The van der Waals surface area contributed by atoms with E-state index in [9.17, 15) is 9.59 Å². The molecule has 2 saturated heterocycles. The number of carbonyl (C=O) groups is 2. The number of nitrogens with one attached hydrogen (secondary N) is 5. The highest BCUT2D eigenvalue weighted by Gasteiger charge is 2.37. The topological polar surface area (TPSA) is 144 Å². The van der Waals surface area contributed by atoms with Gasteiger partial charge in [-0.1, -0.05) is 66.7 Å². The van der Waals surface area contributed by atoms with Crippen LogP contribution < -0.4 is 16.0 Å². The number of imidazole rings is 2. The molecular weight excluding hydrogens is 651 g/mol. The maximum absolute atomic E-state index is 14.1. The number of benzene rings is 3. The van der Waals surface area contributed by atoms with E-state index in [0.29, 0.717) is 12.6 Å². The fraction of sp³-hybridized carbons (Fsp3) is 0.293. The first-order valence-corrected chi connectivity index (χ1v) is 18.3. The van der Waals surface area contributed by atoms with E-state index in [-0.39, 0.29) is 24.0 Å². The molecule has 3 aromatic heterocycles. The number of amides is 3. The Hall–Kier alpha value is -5.81. The van der Waals surface area contributed by atoms with Gasteiger partial charge in [-0.3, -0.25) is 9.78 Å². The number of pyridine rings is 1. The summed E-state index contributed by atoms with van der Waals surface area (Å²) in [5.74, 6) is 1.62. The van der Waals surface area contributed by atoms with Gasteiger partial charge >= 0.3 is 6.03 Å². The van der Waals surface area contributed by atoms with Crippen molar-refractivity contribution in [2.75, 3.05) is 13.1 Å². The number of hydrogen-bond donors (Lipinski definition) is 5. The zero-order valence-corrected chi connectivity index (χ0v) is 28.8. The van der Waals surface area contributed by atoms with E-state index >= 15 is 0 Å². The zero-order valence-electron chi connectivity index (χ0n) is 28.8. The average molecular weight is 692 g/mol. The Labute approximate surface area is 301 Å². The van der Waals surface area contributed by atoms with E-state index in [2.05, 4.69) is 79.4 Å². The molecule has 3 fully saturated rings. The summed E-state index contributed by atoms with van der Waals surface area (Å²) in [6, 6.07) is 25.5. The van der Waals surface area contributed by atoms with Crippen molar-refractivity contribution in [2.45, 2.75) is 62.7 Å². The van der Waals surface area contributed by atoms with Gasteiger partial charge in [-0.2, -0.15) is 0 Å². The number of hydrogen-bond acceptors (Lipinski definition) is 6. The first-order valence-electron chi connectivity index (χ1n) is 18.3. The Morgan fingerprint density at radius 2 is 1.48 bits per heavy atom. The normalized spacial score (nSPS) is 19.2. The van der Waals surface area contributed by atoms with E-state index < -0.39 is 6.04 Å². The van der Waals surface area contributed by atoms with Crippen molar-refractivity contribution in [3.63, 3.8) is 0 Å². The Balaban J connectivity index is 0.895.